The maximum absolute atomic E-state index is 4.66. The summed E-state index contributed by atoms with van der Waals surface area (Å²) in [4.78, 5) is 7.10. The molecule has 0 saturated heterocycles. The van der Waals surface area contributed by atoms with Crippen LogP contribution in [0.15, 0.2) is 146 Å². The van der Waals surface area contributed by atoms with Crippen LogP contribution in [0.4, 0.5) is 17.1 Å². The van der Waals surface area contributed by atoms with Crippen molar-refractivity contribution in [3.63, 3.8) is 0 Å². The van der Waals surface area contributed by atoms with E-state index < -0.39 is 0 Å². The zero-order chi connectivity index (χ0) is 30.1. The zero-order valence-corrected chi connectivity index (χ0v) is 26.0. The number of hydrogen-bond acceptors (Lipinski definition) is 3. The number of aromatic nitrogens is 1. The predicted molar refractivity (Wildman–Crippen MR) is 192 cm³/mol. The molecule has 8 aromatic rings. The number of fused-ring (bicyclic) bond motifs is 7. The Balaban J connectivity index is 1.28. The van der Waals surface area contributed by atoms with Gasteiger partial charge in [-0.05, 0) is 81.9 Å². The molecule has 0 spiro atoms. The minimum absolute atomic E-state index is 0.0336. The van der Waals surface area contributed by atoms with Gasteiger partial charge in [0, 0.05) is 43.8 Å². The van der Waals surface area contributed by atoms with Gasteiger partial charge < -0.3 is 4.90 Å². The van der Waals surface area contributed by atoms with Crippen molar-refractivity contribution in [2.24, 2.45) is 0 Å². The summed E-state index contributed by atoms with van der Waals surface area (Å²) in [6.07, 6.45) is 1.88. The molecular weight excluding hydrogens is 565 g/mol. The molecule has 0 fully saturated rings. The van der Waals surface area contributed by atoms with E-state index in [9.17, 15) is 0 Å². The highest BCUT2D eigenvalue weighted by Crippen LogP contribution is 2.51. The Bertz CT molecular complexity index is 2400. The van der Waals surface area contributed by atoms with Gasteiger partial charge >= 0.3 is 0 Å². The number of anilines is 3. The van der Waals surface area contributed by atoms with Crippen LogP contribution in [-0.2, 0) is 5.41 Å². The lowest BCUT2D eigenvalue weighted by Crippen LogP contribution is -2.15. The molecule has 6 aromatic carbocycles. The average Bonchev–Trinajstić information content (AvgIpc) is 3.56. The minimum Gasteiger partial charge on any atom is -0.309 e. The van der Waals surface area contributed by atoms with Crippen LogP contribution in [0.1, 0.15) is 25.0 Å². The molecule has 2 aromatic heterocycles. The second-order valence-electron chi connectivity index (χ2n) is 12.4. The molecule has 45 heavy (non-hydrogen) atoms. The van der Waals surface area contributed by atoms with Crippen molar-refractivity contribution >= 4 is 59.5 Å². The van der Waals surface area contributed by atoms with E-state index in [0.717, 1.165) is 16.9 Å². The van der Waals surface area contributed by atoms with E-state index >= 15 is 0 Å². The fraction of sp³-hybridized carbons (Fsp3) is 0.0714. The van der Waals surface area contributed by atoms with Crippen molar-refractivity contribution in [1.29, 1.82) is 0 Å². The van der Waals surface area contributed by atoms with Crippen molar-refractivity contribution in [2.75, 3.05) is 4.90 Å². The quantitative estimate of drug-likeness (QED) is 0.201. The summed E-state index contributed by atoms with van der Waals surface area (Å²) < 4.78 is 2.55. The number of hydrogen-bond donors (Lipinski definition) is 0. The van der Waals surface area contributed by atoms with Crippen LogP contribution in [0, 0.1) is 0 Å². The fourth-order valence-electron chi connectivity index (χ4n) is 7.23. The average molecular weight is 595 g/mol. The van der Waals surface area contributed by atoms with Crippen molar-refractivity contribution in [2.45, 2.75) is 19.3 Å². The van der Waals surface area contributed by atoms with Gasteiger partial charge in [0.05, 0.1) is 15.9 Å². The van der Waals surface area contributed by atoms with Gasteiger partial charge in [-0.3, -0.25) is 4.98 Å². The first-order chi connectivity index (χ1) is 22.1. The summed E-state index contributed by atoms with van der Waals surface area (Å²) in [7, 11) is 0. The van der Waals surface area contributed by atoms with Crippen LogP contribution < -0.4 is 4.90 Å². The Morgan fingerprint density at radius 3 is 2.20 bits per heavy atom. The van der Waals surface area contributed by atoms with Crippen LogP contribution in [0.25, 0.3) is 53.3 Å². The number of pyridine rings is 1. The van der Waals surface area contributed by atoms with Crippen LogP contribution in [-0.4, -0.2) is 4.98 Å². The van der Waals surface area contributed by atoms with Gasteiger partial charge in [-0.15, -0.1) is 11.3 Å². The normalized spacial score (nSPS) is 13.3. The monoisotopic (exact) mass is 594 g/mol. The van der Waals surface area contributed by atoms with Crippen molar-refractivity contribution in [3.8, 4) is 22.3 Å². The first-order valence-corrected chi connectivity index (χ1v) is 16.3. The first kappa shape index (κ1) is 26.2. The molecular formula is C42H30N2S. The van der Waals surface area contributed by atoms with E-state index in [4.69, 9.17) is 0 Å². The zero-order valence-electron chi connectivity index (χ0n) is 25.2. The third-order valence-electron chi connectivity index (χ3n) is 9.50. The van der Waals surface area contributed by atoms with Crippen LogP contribution in [0.2, 0.25) is 0 Å². The molecule has 214 valence electrons. The molecule has 0 atom stereocenters. The van der Waals surface area contributed by atoms with E-state index in [2.05, 4.69) is 157 Å². The molecule has 2 nitrogen and oxygen atoms in total. The van der Waals surface area contributed by atoms with Gasteiger partial charge in [-0.1, -0.05) is 105 Å². The molecule has 1 aliphatic rings. The summed E-state index contributed by atoms with van der Waals surface area (Å²) in [6, 6.07) is 51.0. The molecule has 0 aliphatic heterocycles. The molecule has 3 heteroatoms. The smallest absolute Gasteiger partial charge is 0.0709 e. The summed E-state index contributed by atoms with van der Waals surface area (Å²) in [5.41, 5.74) is 12.3. The van der Waals surface area contributed by atoms with E-state index in [-0.39, 0.29) is 5.41 Å². The summed E-state index contributed by atoms with van der Waals surface area (Å²) in [6.45, 7) is 4.68. The molecule has 1 aliphatic carbocycles. The van der Waals surface area contributed by atoms with Gasteiger partial charge in [0.15, 0.2) is 0 Å². The second-order valence-corrected chi connectivity index (χ2v) is 13.5. The van der Waals surface area contributed by atoms with Crippen molar-refractivity contribution in [3.05, 3.63) is 157 Å². The summed E-state index contributed by atoms with van der Waals surface area (Å²) in [5, 5.41) is 3.69. The lowest BCUT2D eigenvalue weighted by molar-refractivity contribution is 0.660. The van der Waals surface area contributed by atoms with Gasteiger partial charge in [-0.25, -0.2) is 0 Å². The molecule has 2 heterocycles. The highest BCUT2D eigenvalue weighted by Gasteiger charge is 2.35. The molecule has 0 amide bonds. The third-order valence-corrected chi connectivity index (χ3v) is 10.7. The Morgan fingerprint density at radius 2 is 1.33 bits per heavy atom. The number of thiophene rings is 1. The van der Waals surface area contributed by atoms with E-state index in [0.29, 0.717) is 0 Å². The lowest BCUT2D eigenvalue weighted by atomic mass is 9.82. The topological polar surface area (TPSA) is 16.1 Å². The molecule has 0 saturated carbocycles. The van der Waals surface area contributed by atoms with Gasteiger partial charge in [-0.2, -0.15) is 0 Å². The second kappa shape index (κ2) is 9.88. The van der Waals surface area contributed by atoms with Crippen LogP contribution >= 0.6 is 11.3 Å². The summed E-state index contributed by atoms with van der Waals surface area (Å²) >= 11 is 1.87. The van der Waals surface area contributed by atoms with Crippen LogP contribution in [0.3, 0.4) is 0 Å². The number of nitrogens with zero attached hydrogens (tertiary/aromatic N) is 2. The summed E-state index contributed by atoms with van der Waals surface area (Å²) in [5.74, 6) is 0. The minimum atomic E-state index is -0.0336. The van der Waals surface area contributed by atoms with E-state index in [1.807, 2.05) is 23.6 Å². The van der Waals surface area contributed by atoms with E-state index in [1.165, 1.54) is 64.6 Å². The number of rotatable bonds is 4. The Hall–Kier alpha value is -5.25. The van der Waals surface area contributed by atoms with Gasteiger partial charge in [0.25, 0.3) is 0 Å². The van der Waals surface area contributed by atoms with Gasteiger partial charge in [0.1, 0.15) is 0 Å². The SMILES string of the molecule is CC1(C)c2ccccc2-c2cc(N(c3ccc(-c4ccccc4)cc3)c3cccc4c3sc3cc5cccnc5cc34)ccc21. The standard InChI is InChI=1S/C42H30N2S/c1-42(2)36-15-7-6-13-32(36)34-25-31(21-22-37(34)42)44(30-19-17-28(18-20-30)27-10-4-3-5-11-27)39-16-8-14-33-35-26-38-29(12-9-23-43-38)24-40(35)45-41(33)39/h3-26H,1-2H3. The lowest BCUT2D eigenvalue weighted by Gasteiger charge is -2.28. The third kappa shape index (κ3) is 4.04. The maximum Gasteiger partial charge on any atom is 0.0709 e. The Morgan fingerprint density at radius 1 is 0.578 bits per heavy atom. The number of benzene rings is 6. The predicted octanol–water partition coefficient (Wildman–Crippen LogP) is 12.0. The Kier molecular flexibility index (Phi) is 5.75. The maximum atomic E-state index is 4.66. The molecule has 0 N–H and O–H groups in total. The van der Waals surface area contributed by atoms with Gasteiger partial charge in [0.2, 0.25) is 0 Å². The highest BCUT2D eigenvalue weighted by atomic mass is 32.1. The highest BCUT2D eigenvalue weighted by molar-refractivity contribution is 7.26. The largest absolute Gasteiger partial charge is 0.309 e. The molecule has 9 rings (SSSR count). The van der Waals surface area contributed by atoms with Crippen LogP contribution in [0.5, 0.6) is 0 Å². The Labute approximate surface area is 266 Å². The molecule has 0 bridgehead atoms. The molecule has 0 unspecified atom stereocenters. The van der Waals surface area contributed by atoms with Crippen molar-refractivity contribution in [1.82, 2.24) is 4.98 Å². The first-order valence-electron chi connectivity index (χ1n) is 15.5. The van der Waals surface area contributed by atoms with Crippen molar-refractivity contribution < 1.29 is 0 Å². The fourth-order valence-corrected chi connectivity index (χ4v) is 8.47. The van der Waals surface area contributed by atoms with E-state index in [1.54, 1.807) is 0 Å². The molecule has 0 radical (unpaired) electrons.